The van der Waals surface area contributed by atoms with Crippen LogP contribution in [-0.2, 0) is 0 Å². The van der Waals surface area contributed by atoms with Crippen LogP contribution >= 0.6 is 15.9 Å². The van der Waals surface area contributed by atoms with E-state index in [1.165, 1.54) is 0 Å². The third-order valence-corrected chi connectivity index (χ3v) is 3.63. The molecule has 1 atom stereocenters. The minimum absolute atomic E-state index is 0.143. The zero-order valence-corrected chi connectivity index (χ0v) is 11.5. The highest BCUT2D eigenvalue weighted by molar-refractivity contribution is 9.10. The molecule has 0 spiro atoms. The van der Waals surface area contributed by atoms with E-state index in [4.69, 9.17) is 0 Å². The molecular formula is C13H17BrN2O. The number of rotatable bonds is 3. The van der Waals surface area contributed by atoms with Crippen LogP contribution in [0.5, 0.6) is 0 Å². The maximum absolute atomic E-state index is 12.2. The molecule has 0 saturated carbocycles. The highest BCUT2D eigenvalue weighted by atomic mass is 79.9. The second kappa shape index (κ2) is 5.65. The van der Waals surface area contributed by atoms with Crippen molar-refractivity contribution in [2.45, 2.75) is 6.42 Å². The van der Waals surface area contributed by atoms with Crippen molar-refractivity contribution >= 4 is 21.8 Å². The summed E-state index contributed by atoms with van der Waals surface area (Å²) in [5.41, 5.74) is 0.768. The van der Waals surface area contributed by atoms with Gasteiger partial charge in [-0.05, 0) is 44.1 Å². The highest BCUT2D eigenvalue weighted by Crippen LogP contribution is 2.19. The number of carbonyl (C=O) groups excluding carboxylic acids is 1. The predicted octanol–water partition coefficient (Wildman–Crippen LogP) is 2.13. The molecule has 1 N–H and O–H groups in total. The van der Waals surface area contributed by atoms with Gasteiger partial charge in [-0.25, -0.2) is 0 Å². The molecule has 1 aliphatic heterocycles. The first-order valence-corrected chi connectivity index (χ1v) is 6.69. The molecule has 92 valence electrons. The number of nitrogens with one attached hydrogen (secondary N) is 1. The Morgan fingerprint density at radius 1 is 1.59 bits per heavy atom. The normalized spacial score (nSPS) is 19.6. The predicted molar refractivity (Wildman–Crippen MR) is 72.1 cm³/mol. The minimum atomic E-state index is 0.143. The van der Waals surface area contributed by atoms with E-state index in [2.05, 4.69) is 21.2 Å². The summed E-state index contributed by atoms with van der Waals surface area (Å²) in [7, 11) is 1.96. The van der Waals surface area contributed by atoms with Crippen molar-refractivity contribution in [2.75, 3.05) is 26.7 Å². The Morgan fingerprint density at radius 3 is 3.12 bits per heavy atom. The summed E-state index contributed by atoms with van der Waals surface area (Å²) >= 11 is 3.40. The Bertz CT molecular complexity index is 408. The molecule has 1 aliphatic rings. The van der Waals surface area contributed by atoms with Gasteiger partial charge in [-0.1, -0.05) is 22.0 Å². The molecule has 0 bridgehead atoms. The maximum atomic E-state index is 12.2. The fraction of sp³-hybridized carbons (Fsp3) is 0.462. The summed E-state index contributed by atoms with van der Waals surface area (Å²) in [6, 6.07) is 7.59. The van der Waals surface area contributed by atoms with Gasteiger partial charge in [-0.2, -0.15) is 0 Å². The molecule has 1 unspecified atom stereocenters. The zero-order chi connectivity index (χ0) is 12.3. The topological polar surface area (TPSA) is 32.3 Å². The van der Waals surface area contributed by atoms with E-state index in [0.717, 1.165) is 36.1 Å². The maximum Gasteiger partial charge on any atom is 0.253 e. The molecule has 2 rings (SSSR count). The van der Waals surface area contributed by atoms with Gasteiger partial charge in [0, 0.05) is 23.1 Å². The van der Waals surface area contributed by atoms with Gasteiger partial charge in [0.15, 0.2) is 0 Å². The standard InChI is InChI=1S/C13H17BrN2O/c1-15-8-10-5-6-16(9-10)13(17)11-3-2-4-12(14)7-11/h2-4,7,10,15H,5-6,8-9H2,1H3. The first kappa shape index (κ1) is 12.6. The number of amides is 1. The number of carbonyl (C=O) groups is 1. The van der Waals surface area contributed by atoms with Crippen LogP contribution in [0, 0.1) is 5.92 Å². The molecule has 0 radical (unpaired) electrons. The van der Waals surface area contributed by atoms with Crippen LogP contribution < -0.4 is 5.32 Å². The van der Waals surface area contributed by atoms with Crippen molar-refractivity contribution in [3.8, 4) is 0 Å². The SMILES string of the molecule is CNCC1CCN(C(=O)c2cccc(Br)c2)C1. The number of halogens is 1. The van der Waals surface area contributed by atoms with Gasteiger partial charge < -0.3 is 10.2 Å². The molecule has 3 nitrogen and oxygen atoms in total. The first-order valence-electron chi connectivity index (χ1n) is 5.90. The molecule has 17 heavy (non-hydrogen) atoms. The lowest BCUT2D eigenvalue weighted by Gasteiger charge is -2.16. The molecule has 1 aromatic rings. The lowest BCUT2D eigenvalue weighted by atomic mass is 10.1. The van der Waals surface area contributed by atoms with Crippen LogP contribution in [-0.4, -0.2) is 37.5 Å². The Labute approximate surface area is 110 Å². The fourth-order valence-electron chi connectivity index (χ4n) is 2.28. The van der Waals surface area contributed by atoms with Crippen LogP contribution in [0.15, 0.2) is 28.7 Å². The van der Waals surface area contributed by atoms with E-state index in [9.17, 15) is 4.79 Å². The van der Waals surface area contributed by atoms with E-state index in [1.54, 1.807) is 0 Å². The molecule has 1 heterocycles. The minimum Gasteiger partial charge on any atom is -0.338 e. The van der Waals surface area contributed by atoms with Crippen LogP contribution in [0.25, 0.3) is 0 Å². The third-order valence-electron chi connectivity index (χ3n) is 3.14. The molecule has 4 heteroatoms. The summed E-state index contributed by atoms with van der Waals surface area (Å²) in [6.45, 7) is 2.73. The highest BCUT2D eigenvalue weighted by Gasteiger charge is 2.26. The van der Waals surface area contributed by atoms with Crippen LogP contribution in [0.3, 0.4) is 0 Å². The summed E-state index contributed by atoms with van der Waals surface area (Å²) < 4.78 is 0.953. The van der Waals surface area contributed by atoms with Gasteiger partial charge in [0.1, 0.15) is 0 Å². The number of hydrogen-bond donors (Lipinski definition) is 1. The average Bonchev–Trinajstić information content (AvgIpc) is 2.77. The second-order valence-corrected chi connectivity index (χ2v) is 5.39. The molecular weight excluding hydrogens is 280 g/mol. The van der Waals surface area contributed by atoms with Crippen LogP contribution in [0.2, 0.25) is 0 Å². The Hall–Kier alpha value is -0.870. The summed E-state index contributed by atoms with van der Waals surface area (Å²) in [5.74, 6) is 0.737. The van der Waals surface area contributed by atoms with Gasteiger partial charge in [-0.3, -0.25) is 4.79 Å². The van der Waals surface area contributed by atoms with Gasteiger partial charge in [0.25, 0.3) is 5.91 Å². The van der Waals surface area contributed by atoms with E-state index < -0.39 is 0 Å². The average molecular weight is 297 g/mol. The lowest BCUT2D eigenvalue weighted by Crippen LogP contribution is -2.30. The Morgan fingerprint density at radius 2 is 2.41 bits per heavy atom. The van der Waals surface area contributed by atoms with Crippen molar-refractivity contribution in [2.24, 2.45) is 5.92 Å². The molecule has 1 fully saturated rings. The van der Waals surface area contributed by atoms with Gasteiger partial charge in [0.05, 0.1) is 0 Å². The lowest BCUT2D eigenvalue weighted by molar-refractivity contribution is 0.0787. The quantitative estimate of drug-likeness (QED) is 0.927. The first-order chi connectivity index (χ1) is 8.20. The zero-order valence-electron chi connectivity index (χ0n) is 9.95. The Balaban J connectivity index is 2.02. The van der Waals surface area contributed by atoms with Crippen molar-refractivity contribution in [3.63, 3.8) is 0 Å². The van der Waals surface area contributed by atoms with E-state index >= 15 is 0 Å². The van der Waals surface area contributed by atoms with Crippen molar-refractivity contribution in [1.29, 1.82) is 0 Å². The number of benzene rings is 1. The summed E-state index contributed by atoms with van der Waals surface area (Å²) in [6.07, 6.45) is 1.10. The largest absolute Gasteiger partial charge is 0.338 e. The van der Waals surface area contributed by atoms with E-state index in [0.29, 0.717) is 5.92 Å². The van der Waals surface area contributed by atoms with Crippen molar-refractivity contribution in [1.82, 2.24) is 10.2 Å². The van der Waals surface area contributed by atoms with Crippen LogP contribution in [0.4, 0.5) is 0 Å². The summed E-state index contributed by atoms with van der Waals surface area (Å²) in [4.78, 5) is 14.2. The molecule has 0 aromatic heterocycles. The van der Waals surface area contributed by atoms with Gasteiger partial charge >= 0.3 is 0 Å². The Kier molecular flexibility index (Phi) is 4.18. The number of hydrogen-bond acceptors (Lipinski definition) is 2. The molecule has 1 amide bonds. The fourth-order valence-corrected chi connectivity index (χ4v) is 2.68. The smallest absolute Gasteiger partial charge is 0.253 e. The second-order valence-electron chi connectivity index (χ2n) is 4.47. The molecule has 1 saturated heterocycles. The third kappa shape index (κ3) is 3.07. The van der Waals surface area contributed by atoms with Crippen molar-refractivity contribution < 1.29 is 4.79 Å². The monoisotopic (exact) mass is 296 g/mol. The van der Waals surface area contributed by atoms with Gasteiger partial charge in [-0.15, -0.1) is 0 Å². The molecule has 1 aromatic carbocycles. The van der Waals surface area contributed by atoms with Gasteiger partial charge in [0.2, 0.25) is 0 Å². The number of likely N-dealkylation sites (tertiary alicyclic amines) is 1. The summed E-state index contributed by atoms with van der Waals surface area (Å²) in [5, 5.41) is 3.17. The van der Waals surface area contributed by atoms with Crippen molar-refractivity contribution in [3.05, 3.63) is 34.3 Å². The van der Waals surface area contributed by atoms with E-state index in [1.807, 2.05) is 36.2 Å². The van der Waals surface area contributed by atoms with E-state index in [-0.39, 0.29) is 5.91 Å². The molecule has 0 aliphatic carbocycles. The number of nitrogens with zero attached hydrogens (tertiary/aromatic N) is 1. The van der Waals surface area contributed by atoms with Crippen LogP contribution in [0.1, 0.15) is 16.8 Å².